The summed E-state index contributed by atoms with van der Waals surface area (Å²) in [5, 5.41) is 18.8. The van der Waals surface area contributed by atoms with Crippen LogP contribution in [-0.2, 0) is 0 Å². The van der Waals surface area contributed by atoms with Gasteiger partial charge in [0.25, 0.3) is 0 Å². The van der Waals surface area contributed by atoms with Gasteiger partial charge in [-0.15, -0.1) is 0 Å². The molecule has 1 aliphatic rings. The van der Waals surface area contributed by atoms with Crippen LogP contribution in [0.2, 0.25) is 0 Å². The molecule has 39 heavy (non-hydrogen) atoms. The second kappa shape index (κ2) is 18.6. The van der Waals surface area contributed by atoms with Crippen LogP contribution in [0, 0.1) is 0 Å². The van der Waals surface area contributed by atoms with Gasteiger partial charge in [0.15, 0.2) is 0 Å². The number of carbonyl (C=O) groups is 1. The van der Waals surface area contributed by atoms with Crippen molar-refractivity contribution in [3.63, 3.8) is 0 Å². The molecule has 7 nitrogen and oxygen atoms in total. The van der Waals surface area contributed by atoms with E-state index in [1.165, 1.54) is 5.57 Å². The molecule has 0 bridgehead atoms. The van der Waals surface area contributed by atoms with Crippen LogP contribution in [0.15, 0.2) is 96.2 Å². The number of phenolic OH excluding ortho intramolecular Hbond substituents is 1. The van der Waals surface area contributed by atoms with Gasteiger partial charge in [-0.05, 0) is 69.2 Å². The monoisotopic (exact) mass is 595 g/mol. The number of anilines is 2. The van der Waals surface area contributed by atoms with Gasteiger partial charge in [0.2, 0.25) is 0 Å². The number of benzodiazepines with no additional fused rings is 1. The first-order valence-corrected chi connectivity index (χ1v) is 14.3. The van der Waals surface area contributed by atoms with E-state index in [9.17, 15) is 9.90 Å². The first-order chi connectivity index (χ1) is 18.8. The van der Waals surface area contributed by atoms with E-state index in [-0.39, 0.29) is 11.8 Å². The molecule has 2 aromatic rings. The summed E-state index contributed by atoms with van der Waals surface area (Å²) in [4.78, 5) is 18.6. The molecule has 0 radical (unpaired) electrons. The molecule has 8 heteroatoms. The summed E-state index contributed by atoms with van der Waals surface area (Å²) in [5.41, 5.74) is 6.07. The van der Waals surface area contributed by atoms with Crippen LogP contribution >= 0.6 is 15.9 Å². The van der Waals surface area contributed by atoms with Crippen LogP contribution in [0.25, 0.3) is 0 Å². The quantitative estimate of drug-likeness (QED) is 0.151. The number of aliphatic imine (C=N–C) groups is 1. The Morgan fingerprint density at radius 1 is 1.21 bits per heavy atom. The van der Waals surface area contributed by atoms with E-state index in [4.69, 9.17) is 0 Å². The highest BCUT2D eigenvalue weighted by molar-refractivity contribution is 9.08. The molecule has 1 heterocycles. The molecule has 0 aliphatic carbocycles. The van der Waals surface area contributed by atoms with Gasteiger partial charge in [-0.2, -0.15) is 0 Å². The van der Waals surface area contributed by atoms with Crippen LogP contribution in [0.1, 0.15) is 31.4 Å². The first kappa shape index (κ1) is 33.4. The van der Waals surface area contributed by atoms with Gasteiger partial charge in [0, 0.05) is 41.3 Å². The van der Waals surface area contributed by atoms with Gasteiger partial charge in [-0.25, -0.2) is 4.79 Å². The zero-order chi connectivity index (χ0) is 29.2. The maximum Gasteiger partial charge on any atom is 0.319 e. The Hall–Kier alpha value is -3.62. The van der Waals surface area contributed by atoms with Crippen molar-refractivity contribution in [2.75, 3.05) is 50.2 Å². The zero-order valence-electron chi connectivity index (χ0n) is 23.7. The lowest BCUT2D eigenvalue weighted by atomic mass is 10.00. The lowest BCUT2D eigenvalue weighted by Crippen LogP contribution is -2.34. The molecule has 0 unspecified atom stereocenters. The van der Waals surface area contributed by atoms with Crippen LogP contribution in [0.5, 0.6) is 5.75 Å². The van der Waals surface area contributed by atoms with Crippen molar-refractivity contribution in [1.29, 1.82) is 0 Å². The van der Waals surface area contributed by atoms with Crippen LogP contribution in [0.4, 0.5) is 16.2 Å². The molecular weight excluding hydrogens is 554 g/mol. The molecule has 2 aromatic carbocycles. The Balaban J connectivity index is 0.000000589. The number of halogens is 1. The third kappa shape index (κ3) is 12.2. The number of hydrogen-bond donors (Lipinski definition) is 4. The molecule has 0 aromatic heterocycles. The van der Waals surface area contributed by atoms with Gasteiger partial charge >= 0.3 is 6.03 Å². The molecule has 2 amide bonds. The number of benzene rings is 2. The molecule has 0 atom stereocenters. The number of phenols is 1. The van der Waals surface area contributed by atoms with E-state index < -0.39 is 0 Å². The fourth-order valence-corrected chi connectivity index (χ4v) is 3.40. The molecular formula is C31H42BrN5O2. The highest BCUT2D eigenvalue weighted by Gasteiger charge is 2.16. The SMILES string of the molecule is C=C/C(=C\C=C/C)CC.C=C1CN=C(c2ccc(NC(=O)NCCN(C)C)cc2)c2cc(O)ccc2N1.CBr. The Morgan fingerprint density at radius 3 is 2.49 bits per heavy atom. The van der Waals surface area contributed by atoms with Crippen molar-refractivity contribution in [2.24, 2.45) is 4.99 Å². The number of rotatable bonds is 8. The minimum Gasteiger partial charge on any atom is -0.508 e. The molecule has 0 saturated heterocycles. The molecule has 4 N–H and O–H groups in total. The van der Waals surface area contributed by atoms with Gasteiger partial charge in [-0.1, -0.05) is 72.4 Å². The Labute approximate surface area is 242 Å². The number of hydrogen-bond acceptors (Lipinski definition) is 5. The number of alkyl halides is 1. The molecule has 3 rings (SSSR count). The summed E-state index contributed by atoms with van der Waals surface area (Å²) in [6.07, 6.45) is 9.07. The second-order valence-electron chi connectivity index (χ2n) is 8.71. The van der Waals surface area contributed by atoms with E-state index in [2.05, 4.69) is 63.0 Å². The fourth-order valence-electron chi connectivity index (χ4n) is 3.40. The van der Waals surface area contributed by atoms with E-state index in [1.54, 1.807) is 12.1 Å². The number of likely N-dealkylation sites (N-methyl/N-ethyl adjacent to an activating group) is 1. The molecule has 0 fully saturated rings. The van der Waals surface area contributed by atoms with Gasteiger partial charge in [0.1, 0.15) is 5.75 Å². The first-order valence-electron chi connectivity index (χ1n) is 12.7. The number of carbonyl (C=O) groups excluding carboxylic acids is 1. The highest BCUT2D eigenvalue weighted by Crippen LogP contribution is 2.28. The van der Waals surface area contributed by atoms with E-state index in [0.717, 1.165) is 41.2 Å². The third-order valence-electron chi connectivity index (χ3n) is 5.43. The predicted octanol–water partition coefficient (Wildman–Crippen LogP) is 6.95. The highest BCUT2D eigenvalue weighted by atomic mass is 79.9. The van der Waals surface area contributed by atoms with E-state index in [0.29, 0.717) is 18.8 Å². The number of allylic oxidation sites excluding steroid dienone is 5. The summed E-state index contributed by atoms with van der Waals surface area (Å²) in [6, 6.07) is 12.3. The summed E-state index contributed by atoms with van der Waals surface area (Å²) in [7, 11) is 3.91. The van der Waals surface area contributed by atoms with Crippen molar-refractivity contribution < 1.29 is 9.90 Å². The van der Waals surface area contributed by atoms with E-state index in [1.807, 2.05) is 80.3 Å². The van der Waals surface area contributed by atoms with Gasteiger partial charge < -0.3 is 26.0 Å². The van der Waals surface area contributed by atoms with Crippen molar-refractivity contribution in [2.45, 2.75) is 20.3 Å². The Kier molecular flexibility index (Phi) is 15.9. The molecule has 1 aliphatic heterocycles. The average molecular weight is 597 g/mol. The van der Waals surface area contributed by atoms with Crippen molar-refractivity contribution in [1.82, 2.24) is 10.2 Å². The standard InChI is InChI=1S/C21H25N5O2.C9H14.CH3Br/c1-14-13-23-20(18-12-17(27)8-9-19(18)24-14)15-4-6-16(7-5-15)25-21(28)22-10-11-26(2)3;1-4-7-8-9(5-2)6-3;1-2/h4-9,12,24,27H,1,10-11,13H2,2-3H3,(H2,22,25,28);4-5,7-8H,2,6H2,1,3H3;1H3/b;7-4-,9-8+;. The van der Waals surface area contributed by atoms with Crippen molar-refractivity contribution in [3.8, 4) is 5.75 Å². The van der Waals surface area contributed by atoms with Crippen molar-refractivity contribution >= 4 is 39.0 Å². The smallest absolute Gasteiger partial charge is 0.319 e. The Bertz CT molecular complexity index is 1170. The van der Waals surface area contributed by atoms with Crippen LogP contribution in [0.3, 0.4) is 0 Å². The lowest BCUT2D eigenvalue weighted by Gasteiger charge is -2.13. The number of amides is 2. The maximum absolute atomic E-state index is 12.0. The maximum atomic E-state index is 12.0. The molecule has 0 spiro atoms. The largest absolute Gasteiger partial charge is 0.508 e. The van der Waals surface area contributed by atoms with Crippen LogP contribution < -0.4 is 16.0 Å². The second-order valence-corrected chi connectivity index (χ2v) is 8.71. The minimum atomic E-state index is -0.239. The molecule has 210 valence electrons. The molecule has 0 saturated carbocycles. The normalized spacial score (nSPS) is 12.5. The summed E-state index contributed by atoms with van der Waals surface area (Å²) in [6.45, 7) is 13.6. The van der Waals surface area contributed by atoms with Gasteiger partial charge in [0.05, 0.1) is 12.3 Å². The minimum absolute atomic E-state index is 0.174. The average Bonchev–Trinajstić information content (AvgIpc) is 3.09. The number of fused-ring (bicyclic) bond motifs is 1. The number of aromatic hydroxyl groups is 1. The van der Waals surface area contributed by atoms with Crippen molar-refractivity contribution in [3.05, 3.63) is 102 Å². The summed E-state index contributed by atoms with van der Waals surface area (Å²) in [5.74, 6) is 1.99. The zero-order valence-corrected chi connectivity index (χ0v) is 25.3. The number of nitrogens with zero attached hydrogens (tertiary/aromatic N) is 2. The predicted molar refractivity (Wildman–Crippen MR) is 172 cm³/mol. The third-order valence-corrected chi connectivity index (χ3v) is 5.43. The summed E-state index contributed by atoms with van der Waals surface area (Å²) >= 11 is 2.94. The van der Waals surface area contributed by atoms with E-state index >= 15 is 0 Å². The van der Waals surface area contributed by atoms with Crippen LogP contribution in [-0.4, -0.2) is 61.3 Å². The number of nitrogens with one attached hydrogen (secondary N) is 3. The fraction of sp³-hybridized carbons (Fsp3) is 0.290. The summed E-state index contributed by atoms with van der Waals surface area (Å²) < 4.78 is 0. The topological polar surface area (TPSA) is 89.0 Å². The van der Waals surface area contributed by atoms with Gasteiger partial charge in [-0.3, -0.25) is 4.99 Å². The number of urea groups is 1. The lowest BCUT2D eigenvalue weighted by molar-refractivity contribution is 0.250. The Morgan fingerprint density at radius 2 is 1.90 bits per heavy atom.